The van der Waals surface area contributed by atoms with Gasteiger partial charge in [-0.25, -0.2) is 0 Å². The van der Waals surface area contributed by atoms with Gasteiger partial charge in [0.2, 0.25) is 0 Å². The van der Waals surface area contributed by atoms with Gasteiger partial charge in [-0.2, -0.15) is 8.78 Å². The van der Waals surface area contributed by atoms with Gasteiger partial charge >= 0.3 is 6.61 Å². The van der Waals surface area contributed by atoms with Gasteiger partial charge in [-0.05, 0) is 48.4 Å². The molecule has 4 nitrogen and oxygen atoms in total. The predicted octanol–water partition coefficient (Wildman–Crippen LogP) is 5.21. The summed E-state index contributed by atoms with van der Waals surface area (Å²) < 4.78 is 35.5. The van der Waals surface area contributed by atoms with Crippen molar-refractivity contribution in [2.24, 2.45) is 0 Å². The lowest BCUT2D eigenvalue weighted by Crippen LogP contribution is -2.18. The number of aromatic nitrogens is 1. The second kappa shape index (κ2) is 9.28. The number of halogens is 2. The first-order valence-electron chi connectivity index (χ1n) is 8.92. The van der Waals surface area contributed by atoms with Gasteiger partial charge in [-0.15, -0.1) is 0 Å². The maximum atomic E-state index is 12.8. The van der Waals surface area contributed by atoms with Crippen LogP contribution in [-0.4, -0.2) is 18.7 Å². The Balaban J connectivity index is 1.78. The van der Waals surface area contributed by atoms with E-state index in [1.54, 1.807) is 37.7 Å². The Kier molecular flexibility index (Phi) is 6.55. The molecule has 3 rings (SSSR count). The molecule has 1 atom stereocenters. The van der Waals surface area contributed by atoms with Crippen LogP contribution in [0.2, 0.25) is 0 Å². The van der Waals surface area contributed by atoms with Crippen LogP contribution in [0.25, 0.3) is 11.1 Å². The van der Waals surface area contributed by atoms with Gasteiger partial charge in [0.25, 0.3) is 0 Å². The largest absolute Gasteiger partial charge is 0.497 e. The molecule has 0 unspecified atom stereocenters. The average Bonchev–Trinajstić information content (AvgIpc) is 2.73. The van der Waals surface area contributed by atoms with Crippen LogP contribution in [-0.2, 0) is 6.54 Å². The Labute approximate surface area is 163 Å². The molecule has 0 radical (unpaired) electrons. The highest BCUT2D eigenvalue weighted by Gasteiger charge is 2.13. The zero-order chi connectivity index (χ0) is 19.9. The minimum Gasteiger partial charge on any atom is -0.497 e. The number of benzene rings is 2. The molecule has 0 aliphatic rings. The van der Waals surface area contributed by atoms with E-state index < -0.39 is 6.61 Å². The first-order chi connectivity index (χ1) is 13.6. The monoisotopic (exact) mass is 384 g/mol. The van der Waals surface area contributed by atoms with Crippen LogP contribution in [0.1, 0.15) is 24.1 Å². The Morgan fingerprint density at radius 1 is 1.07 bits per heavy atom. The number of rotatable bonds is 8. The average molecular weight is 384 g/mol. The molecule has 0 aliphatic heterocycles. The van der Waals surface area contributed by atoms with E-state index in [1.807, 2.05) is 36.4 Å². The summed E-state index contributed by atoms with van der Waals surface area (Å²) >= 11 is 0. The molecule has 1 N–H and O–H groups in total. The van der Waals surface area contributed by atoms with Gasteiger partial charge in [-0.1, -0.05) is 24.3 Å². The lowest BCUT2D eigenvalue weighted by Gasteiger charge is -2.17. The van der Waals surface area contributed by atoms with Crippen LogP contribution in [0.4, 0.5) is 8.78 Å². The summed E-state index contributed by atoms with van der Waals surface area (Å²) in [6.07, 6.45) is 3.27. The topological polar surface area (TPSA) is 43.4 Å². The maximum Gasteiger partial charge on any atom is 0.387 e. The quantitative estimate of drug-likeness (QED) is 0.579. The van der Waals surface area contributed by atoms with Gasteiger partial charge in [0.1, 0.15) is 11.5 Å². The number of methoxy groups -OCH3 is 1. The molecule has 0 saturated carbocycles. The van der Waals surface area contributed by atoms with Crippen LogP contribution >= 0.6 is 0 Å². The lowest BCUT2D eigenvalue weighted by molar-refractivity contribution is -0.0494. The molecule has 0 bridgehead atoms. The SMILES string of the molecule is COc1cccc([C@@H](C)NCc2ccc(OC(F)F)c(-c3cccnc3)c2)c1. The van der Waals surface area contributed by atoms with Crippen molar-refractivity contribution in [2.45, 2.75) is 26.1 Å². The second-order valence-electron chi connectivity index (χ2n) is 6.33. The lowest BCUT2D eigenvalue weighted by atomic mass is 10.0. The number of hydrogen-bond donors (Lipinski definition) is 1. The molecule has 0 fully saturated rings. The predicted molar refractivity (Wildman–Crippen MR) is 105 cm³/mol. The summed E-state index contributed by atoms with van der Waals surface area (Å²) in [4.78, 5) is 4.07. The van der Waals surface area contributed by atoms with Gasteiger partial charge in [-0.3, -0.25) is 4.98 Å². The molecule has 6 heteroatoms. The minimum atomic E-state index is -2.88. The fraction of sp³-hybridized carbons (Fsp3) is 0.227. The molecule has 1 heterocycles. The van der Waals surface area contributed by atoms with Gasteiger partial charge in [0, 0.05) is 36.1 Å². The second-order valence-corrected chi connectivity index (χ2v) is 6.33. The Morgan fingerprint density at radius 3 is 2.64 bits per heavy atom. The zero-order valence-corrected chi connectivity index (χ0v) is 15.7. The Bertz CT molecular complexity index is 904. The van der Waals surface area contributed by atoms with Crippen molar-refractivity contribution in [2.75, 3.05) is 7.11 Å². The number of hydrogen-bond acceptors (Lipinski definition) is 4. The molecule has 146 valence electrons. The third kappa shape index (κ3) is 5.04. The fourth-order valence-corrected chi connectivity index (χ4v) is 2.93. The highest BCUT2D eigenvalue weighted by atomic mass is 19.3. The number of alkyl halides is 2. The molecule has 3 aromatic rings. The summed E-state index contributed by atoms with van der Waals surface area (Å²) in [6.45, 7) is -0.251. The van der Waals surface area contributed by atoms with E-state index in [9.17, 15) is 8.78 Å². The van der Waals surface area contributed by atoms with E-state index in [1.165, 1.54) is 0 Å². The first-order valence-corrected chi connectivity index (χ1v) is 8.92. The molecule has 28 heavy (non-hydrogen) atoms. The van der Waals surface area contributed by atoms with E-state index >= 15 is 0 Å². The van der Waals surface area contributed by atoms with Crippen molar-refractivity contribution in [1.82, 2.24) is 10.3 Å². The Morgan fingerprint density at radius 2 is 1.93 bits per heavy atom. The molecule has 0 aliphatic carbocycles. The van der Waals surface area contributed by atoms with Crippen LogP contribution in [0.3, 0.4) is 0 Å². The number of nitrogens with one attached hydrogen (secondary N) is 1. The van der Waals surface area contributed by atoms with E-state index in [0.717, 1.165) is 22.4 Å². The van der Waals surface area contributed by atoms with E-state index in [4.69, 9.17) is 4.74 Å². The molecule has 0 saturated heterocycles. The van der Waals surface area contributed by atoms with Crippen LogP contribution < -0.4 is 14.8 Å². The van der Waals surface area contributed by atoms with Crippen molar-refractivity contribution in [3.63, 3.8) is 0 Å². The standard InChI is InChI=1S/C22H22F2N2O2/c1-15(17-5-3-7-19(12-17)27-2)26-13-16-8-9-21(28-22(23)24)20(11-16)18-6-4-10-25-14-18/h3-12,14-15,22,26H,13H2,1-2H3/t15-/m1/s1. The van der Waals surface area contributed by atoms with Gasteiger partial charge in [0.05, 0.1) is 7.11 Å². The summed E-state index contributed by atoms with van der Waals surface area (Å²) in [5, 5.41) is 3.45. The zero-order valence-electron chi connectivity index (χ0n) is 15.7. The van der Waals surface area contributed by atoms with Crippen LogP contribution in [0, 0.1) is 0 Å². The minimum absolute atomic E-state index is 0.0916. The van der Waals surface area contributed by atoms with Crippen molar-refractivity contribution in [3.8, 4) is 22.6 Å². The molecular formula is C22H22F2N2O2. The van der Waals surface area contributed by atoms with Crippen LogP contribution in [0.15, 0.2) is 67.0 Å². The molecule has 2 aromatic carbocycles. The third-order valence-electron chi connectivity index (χ3n) is 4.44. The van der Waals surface area contributed by atoms with Crippen LogP contribution in [0.5, 0.6) is 11.5 Å². The highest BCUT2D eigenvalue weighted by molar-refractivity contribution is 5.70. The summed E-state index contributed by atoms with van der Waals surface area (Å²) in [5.74, 6) is 0.936. The van der Waals surface area contributed by atoms with Crippen molar-refractivity contribution < 1.29 is 18.3 Å². The summed E-state index contributed by atoms with van der Waals surface area (Å²) in [6, 6.07) is 16.7. The first kappa shape index (κ1) is 19.8. The smallest absolute Gasteiger partial charge is 0.387 e. The molecule has 0 amide bonds. The van der Waals surface area contributed by atoms with Crippen molar-refractivity contribution in [1.29, 1.82) is 0 Å². The number of pyridine rings is 1. The van der Waals surface area contributed by atoms with Crippen molar-refractivity contribution in [3.05, 3.63) is 78.1 Å². The van der Waals surface area contributed by atoms with Crippen molar-refractivity contribution >= 4 is 0 Å². The normalized spacial score (nSPS) is 12.0. The molecule has 0 spiro atoms. The molecular weight excluding hydrogens is 362 g/mol. The fourth-order valence-electron chi connectivity index (χ4n) is 2.93. The van der Waals surface area contributed by atoms with E-state index in [2.05, 4.69) is 22.0 Å². The Hall–Kier alpha value is -2.99. The summed E-state index contributed by atoms with van der Waals surface area (Å²) in [7, 11) is 1.64. The number of ether oxygens (including phenoxy) is 2. The number of nitrogens with zero attached hydrogens (tertiary/aromatic N) is 1. The highest BCUT2D eigenvalue weighted by Crippen LogP contribution is 2.32. The van der Waals surface area contributed by atoms with Gasteiger partial charge < -0.3 is 14.8 Å². The van der Waals surface area contributed by atoms with E-state index in [0.29, 0.717) is 12.1 Å². The van der Waals surface area contributed by atoms with Gasteiger partial charge in [0.15, 0.2) is 0 Å². The van der Waals surface area contributed by atoms with E-state index in [-0.39, 0.29) is 11.8 Å². The molecule has 1 aromatic heterocycles. The third-order valence-corrected chi connectivity index (χ3v) is 4.44. The maximum absolute atomic E-state index is 12.8. The summed E-state index contributed by atoms with van der Waals surface area (Å²) in [5.41, 5.74) is 3.36.